The third kappa shape index (κ3) is 5.28. The molecule has 2 heterocycles. The van der Waals surface area contributed by atoms with Crippen LogP contribution in [0.4, 0.5) is 5.69 Å². The molecule has 1 atom stereocenters. The van der Waals surface area contributed by atoms with Crippen LogP contribution in [0.3, 0.4) is 0 Å². The fraction of sp³-hybridized carbons (Fsp3) is 0.667. The van der Waals surface area contributed by atoms with Crippen LogP contribution >= 0.6 is 0 Å². The second-order valence-electron chi connectivity index (χ2n) is 7.56. The summed E-state index contributed by atoms with van der Waals surface area (Å²) < 4.78 is 5.26. The lowest BCUT2D eigenvalue weighted by Gasteiger charge is -2.38. The molecule has 3 rings (SSSR count). The van der Waals surface area contributed by atoms with Gasteiger partial charge < -0.3 is 24.8 Å². The molecule has 0 bridgehead atoms. The predicted molar refractivity (Wildman–Crippen MR) is 113 cm³/mol. The molecule has 150 valence electrons. The van der Waals surface area contributed by atoms with Crippen molar-refractivity contribution in [2.75, 3.05) is 71.4 Å². The van der Waals surface area contributed by atoms with E-state index in [4.69, 9.17) is 4.74 Å². The SMILES string of the molecule is CCCN1CCC(CNC(=NC)N2CCN(c3ccc(OC)cc3)CC2)C1. The van der Waals surface area contributed by atoms with Crippen LogP contribution in [-0.2, 0) is 0 Å². The number of benzene rings is 1. The summed E-state index contributed by atoms with van der Waals surface area (Å²) in [6.07, 6.45) is 2.55. The Morgan fingerprint density at radius 2 is 1.89 bits per heavy atom. The number of rotatable bonds is 6. The molecule has 2 fully saturated rings. The maximum Gasteiger partial charge on any atom is 0.193 e. The molecule has 2 aliphatic rings. The maximum atomic E-state index is 5.26. The van der Waals surface area contributed by atoms with Crippen molar-refractivity contribution in [2.45, 2.75) is 19.8 Å². The number of methoxy groups -OCH3 is 1. The molecule has 2 aliphatic heterocycles. The Bertz CT molecular complexity index is 595. The number of aliphatic imine (C=N–C) groups is 1. The van der Waals surface area contributed by atoms with Gasteiger partial charge in [-0.3, -0.25) is 4.99 Å². The summed E-state index contributed by atoms with van der Waals surface area (Å²) in [5, 5.41) is 3.63. The molecule has 27 heavy (non-hydrogen) atoms. The van der Waals surface area contributed by atoms with Crippen molar-refractivity contribution in [1.82, 2.24) is 15.1 Å². The molecule has 1 aromatic rings. The molecule has 1 aromatic carbocycles. The van der Waals surface area contributed by atoms with Gasteiger partial charge in [-0.25, -0.2) is 0 Å². The van der Waals surface area contributed by atoms with Gasteiger partial charge in [0.2, 0.25) is 0 Å². The summed E-state index contributed by atoms with van der Waals surface area (Å²) in [5.74, 6) is 2.71. The van der Waals surface area contributed by atoms with Crippen LogP contribution in [-0.4, -0.2) is 82.3 Å². The second kappa shape index (κ2) is 9.83. The number of guanidine groups is 1. The van der Waals surface area contributed by atoms with Crippen molar-refractivity contribution >= 4 is 11.6 Å². The molecule has 0 radical (unpaired) electrons. The van der Waals surface area contributed by atoms with Crippen molar-refractivity contribution in [3.8, 4) is 5.75 Å². The summed E-state index contributed by atoms with van der Waals surface area (Å²) in [4.78, 5) is 11.9. The Hall–Kier alpha value is -1.95. The van der Waals surface area contributed by atoms with E-state index in [1.54, 1.807) is 7.11 Å². The molecule has 6 heteroatoms. The van der Waals surface area contributed by atoms with E-state index in [0.29, 0.717) is 0 Å². The third-order valence-electron chi connectivity index (χ3n) is 5.69. The summed E-state index contributed by atoms with van der Waals surface area (Å²) >= 11 is 0. The first kappa shape index (κ1) is 19.8. The molecule has 0 spiro atoms. The Balaban J connectivity index is 1.44. The van der Waals surface area contributed by atoms with E-state index < -0.39 is 0 Å². The van der Waals surface area contributed by atoms with Gasteiger partial charge in [-0.1, -0.05) is 6.92 Å². The van der Waals surface area contributed by atoms with Crippen molar-refractivity contribution < 1.29 is 4.74 Å². The van der Waals surface area contributed by atoms with Crippen LogP contribution in [0.2, 0.25) is 0 Å². The molecule has 6 nitrogen and oxygen atoms in total. The van der Waals surface area contributed by atoms with Crippen LogP contribution in [0.25, 0.3) is 0 Å². The average Bonchev–Trinajstić information content (AvgIpc) is 3.17. The lowest BCUT2D eigenvalue weighted by molar-refractivity contribution is 0.322. The lowest BCUT2D eigenvalue weighted by Crippen LogP contribution is -2.53. The van der Waals surface area contributed by atoms with Gasteiger partial charge >= 0.3 is 0 Å². The number of hydrogen-bond donors (Lipinski definition) is 1. The van der Waals surface area contributed by atoms with E-state index >= 15 is 0 Å². The Morgan fingerprint density at radius 1 is 1.15 bits per heavy atom. The van der Waals surface area contributed by atoms with Crippen molar-refractivity contribution in [1.29, 1.82) is 0 Å². The van der Waals surface area contributed by atoms with Crippen LogP contribution in [0.15, 0.2) is 29.3 Å². The monoisotopic (exact) mass is 373 g/mol. The molecule has 0 saturated carbocycles. The lowest BCUT2D eigenvalue weighted by atomic mass is 10.1. The van der Waals surface area contributed by atoms with E-state index in [0.717, 1.165) is 50.4 Å². The number of nitrogens with zero attached hydrogens (tertiary/aromatic N) is 4. The highest BCUT2D eigenvalue weighted by molar-refractivity contribution is 5.80. The number of piperazine rings is 1. The maximum absolute atomic E-state index is 5.26. The van der Waals surface area contributed by atoms with E-state index in [1.165, 1.54) is 38.2 Å². The molecular formula is C21H35N5O. The van der Waals surface area contributed by atoms with Crippen LogP contribution in [0.1, 0.15) is 19.8 Å². The highest BCUT2D eigenvalue weighted by Gasteiger charge is 2.24. The van der Waals surface area contributed by atoms with E-state index in [1.807, 2.05) is 19.2 Å². The molecule has 1 unspecified atom stereocenters. The smallest absolute Gasteiger partial charge is 0.193 e. The topological polar surface area (TPSA) is 43.3 Å². The largest absolute Gasteiger partial charge is 0.497 e. The summed E-state index contributed by atoms with van der Waals surface area (Å²) in [7, 11) is 3.61. The Morgan fingerprint density at radius 3 is 2.52 bits per heavy atom. The van der Waals surface area contributed by atoms with E-state index in [2.05, 4.69) is 44.1 Å². The van der Waals surface area contributed by atoms with Crippen LogP contribution in [0, 0.1) is 5.92 Å². The van der Waals surface area contributed by atoms with Crippen LogP contribution < -0.4 is 15.0 Å². The van der Waals surface area contributed by atoms with Gasteiger partial charge in [0.05, 0.1) is 7.11 Å². The third-order valence-corrected chi connectivity index (χ3v) is 5.69. The van der Waals surface area contributed by atoms with Gasteiger partial charge in [0, 0.05) is 52.0 Å². The molecule has 2 saturated heterocycles. The number of likely N-dealkylation sites (tertiary alicyclic amines) is 1. The number of anilines is 1. The fourth-order valence-electron chi connectivity index (χ4n) is 4.14. The average molecular weight is 374 g/mol. The number of ether oxygens (including phenoxy) is 1. The minimum atomic E-state index is 0.744. The van der Waals surface area contributed by atoms with Crippen molar-refractivity contribution in [2.24, 2.45) is 10.9 Å². The zero-order valence-corrected chi connectivity index (χ0v) is 17.2. The standard InChI is InChI=1S/C21H35N5O/c1-4-10-24-11-9-18(17-24)16-23-21(22-2)26-14-12-25(13-15-26)19-5-7-20(27-3)8-6-19/h5-8,18H,4,9-17H2,1-3H3,(H,22,23). The number of nitrogens with one attached hydrogen (secondary N) is 1. The second-order valence-corrected chi connectivity index (χ2v) is 7.56. The summed E-state index contributed by atoms with van der Waals surface area (Å²) in [5.41, 5.74) is 1.26. The van der Waals surface area contributed by atoms with Gasteiger partial charge in [-0.2, -0.15) is 0 Å². The molecule has 0 aliphatic carbocycles. The van der Waals surface area contributed by atoms with Crippen molar-refractivity contribution in [3.05, 3.63) is 24.3 Å². The highest BCUT2D eigenvalue weighted by Crippen LogP contribution is 2.20. The van der Waals surface area contributed by atoms with Gasteiger partial charge in [0.25, 0.3) is 0 Å². The van der Waals surface area contributed by atoms with E-state index in [9.17, 15) is 0 Å². The molecule has 0 amide bonds. The first-order valence-electron chi connectivity index (χ1n) is 10.3. The zero-order valence-electron chi connectivity index (χ0n) is 17.2. The molecule has 0 aromatic heterocycles. The summed E-state index contributed by atoms with van der Waals surface area (Å²) in [6, 6.07) is 8.35. The minimum Gasteiger partial charge on any atom is -0.497 e. The molecule has 1 N–H and O–H groups in total. The van der Waals surface area contributed by atoms with Gasteiger partial charge in [-0.05, 0) is 56.1 Å². The predicted octanol–water partition coefficient (Wildman–Crippen LogP) is 2.12. The normalized spacial score (nSPS) is 21.6. The Labute approximate surface area is 164 Å². The zero-order chi connectivity index (χ0) is 19.1. The van der Waals surface area contributed by atoms with Crippen LogP contribution in [0.5, 0.6) is 5.75 Å². The number of hydrogen-bond acceptors (Lipinski definition) is 4. The van der Waals surface area contributed by atoms with E-state index in [-0.39, 0.29) is 0 Å². The first-order chi connectivity index (χ1) is 13.2. The first-order valence-corrected chi connectivity index (χ1v) is 10.3. The van der Waals surface area contributed by atoms with Gasteiger partial charge in [0.15, 0.2) is 5.96 Å². The highest BCUT2D eigenvalue weighted by atomic mass is 16.5. The van der Waals surface area contributed by atoms with Gasteiger partial charge in [0.1, 0.15) is 5.75 Å². The Kier molecular flexibility index (Phi) is 7.21. The summed E-state index contributed by atoms with van der Waals surface area (Å²) in [6.45, 7) is 11.0. The fourth-order valence-corrected chi connectivity index (χ4v) is 4.14. The minimum absolute atomic E-state index is 0.744. The quantitative estimate of drug-likeness (QED) is 0.611. The molecular weight excluding hydrogens is 338 g/mol. The van der Waals surface area contributed by atoms with Crippen molar-refractivity contribution in [3.63, 3.8) is 0 Å². The van der Waals surface area contributed by atoms with Gasteiger partial charge in [-0.15, -0.1) is 0 Å².